The molecular formula is C14H24N2O3S. The summed E-state index contributed by atoms with van der Waals surface area (Å²) in [6, 6.07) is -0.700. The van der Waals surface area contributed by atoms with Gasteiger partial charge < -0.3 is 10.4 Å². The van der Waals surface area contributed by atoms with Crippen molar-refractivity contribution in [3.63, 3.8) is 0 Å². The second kappa shape index (κ2) is 6.70. The van der Waals surface area contributed by atoms with Gasteiger partial charge in [-0.3, -0.25) is 4.90 Å². The average Bonchev–Trinajstić information content (AvgIpc) is 2.81. The Labute approximate surface area is 124 Å². The molecule has 0 radical (unpaired) electrons. The SMILES string of the molecule is CCC1CCC(NC(=O)N2C(C)SCC2C(=O)O)CC1. The molecule has 1 aliphatic carbocycles. The summed E-state index contributed by atoms with van der Waals surface area (Å²) in [7, 11) is 0. The van der Waals surface area contributed by atoms with Crippen LogP contribution in [0, 0.1) is 5.92 Å². The molecule has 0 aromatic heterocycles. The third-order valence-electron chi connectivity index (χ3n) is 4.49. The van der Waals surface area contributed by atoms with Crippen molar-refractivity contribution in [2.45, 2.75) is 63.4 Å². The first-order chi connectivity index (χ1) is 9.52. The van der Waals surface area contributed by atoms with Crippen LogP contribution in [0.1, 0.15) is 46.0 Å². The van der Waals surface area contributed by atoms with Gasteiger partial charge in [-0.1, -0.05) is 13.3 Å². The summed E-state index contributed by atoms with van der Waals surface area (Å²) in [4.78, 5) is 25.0. The molecule has 1 heterocycles. The predicted molar refractivity (Wildman–Crippen MR) is 79.8 cm³/mol. The molecule has 2 unspecified atom stereocenters. The number of hydrogen-bond donors (Lipinski definition) is 2. The lowest BCUT2D eigenvalue weighted by Gasteiger charge is -2.32. The van der Waals surface area contributed by atoms with Crippen molar-refractivity contribution in [1.29, 1.82) is 0 Å². The van der Waals surface area contributed by atoms with E-state index in [2.05, 4.69) is 12.2 Å². The van der Waals surface area contributed by atoms with E-state index in [0.717, 1.165) is 31.6 Å². The Hall–Kier alpha value is -0.910. The van der Waals surface area contributed by atoms with Crippen LogP contribution >= 0.6 is 11.8 Å². The van der Waals surface area contributed by atoms with Gasteiger partial charge >= 0.3 is 12.0 Å². The van der Waals surface area contributed by atoms with E-state index >= 15 is 0 Å². The predicted octanol–water partition coefficient (Wildman–Crippen LogP) is 2.51. The van der Waals surface area contributed by atoms with Gasteiger partial charge in [-0.25, -0.2) is 9.59 Å². The van der Waals surface area contributed by atoms with Gasteiger partial charge in [0, 0.05) is 11.8 Å². The standard InChI is InChI=1S/C14H24N2O3S/c1-3-10-4-6-11(7-5-10)15-14(19)16-9(2)20-8-12(16)13(17)18/h9-12H,3-8H2,1-2H3,(H,15,19)(H,17,18). The lowest BCUT2D eigenvalue weighted by atomic mass is 9.84. The zero-order valence-electron chi connectivity index (χ0n) is 12.2. The van der Waals surface area contributed by atoms with Crippen molar-refractivity contribution < 1.29 is 14.7 Å². The number of carbonyl (C=O) groups is 2. The summed E-state index contributed by atoms with van der Waals surface area (Å²) in [6.45, 7) is 4.10. The maximum Gasteiger partial charge on any atom is 0.327 e. The number of thioether (sulfide) groups is 1. The Morgan fingerprint density at radius 1 is 1.30 bits per heavy atom. The number of amides is 2. The third kappa shape index (κ3) is 3.40. The van der Waals surface area contributed by atoms with E-state index in [0.29, 0.717) is 5.75 Å². The Kier molecular flexibility index (Phi) is 5.18. The van der Waals surface area contributed by atoms with Crippen molar-refractivity contribution in [3.05, 3.63) is 0 Å². The number of carboxylic acid groups (broad SMARTS) is 1. The van der Waals surface area contributed by atoms with Gasteiger partial charge in [-0.2, -0.15) is 0 Å². The molecular weight excluding hydrogens is 276 g/mol. The van der Waals surface area contributed by atoms with Crippen LogP contribution in [0.25, 0.3) is 0 Å². The topological polar surface area (TPSA) is 69.6 Å². The smallest absolute Gasteiger partial charge is 0.327 e. The first-order valence-corrected chi connectivity index (χ1v) is 8.51. The molecule has 1 saturated heterocycles. The average molecular weight is 300 g/mol. The molecule has 1 saturated carbocycles. The van der Waals surface area contributed by atoms with Gasteiger partial charge in [-0.15, -0.1) is 11.8 Å². The minimum atomic E-state index is -0.910. The van der Waals surface area contributed by atoms with Gasteiger partial charge in [-0.05, 0) is 38.5 Å². The molecule has 2 N–H and O–H groups in total. The van der Waals surface area contributed by atoms with Crippen LogP contribution in [-0.4, -0.2) is 45.2 Å². The summed E-state index contributed by atoms with van der Waals surface area (Å²) in [6.07, 6.45) is 5.55. The van der Waals surface area contributed by atoms with Crippen molar-refractivity contribution in [2.75, 3.05) is 5.75 Å². The molecule has 2 fully saturated rings. The van der Waals surface area contributed by atoms with E-state index in [1.54, 1.807) is 0 Å². The molecule has 2 aliphatic rings. The van der Waals surface area contributed by atoms with E-state index in [1.165, 1.54) is 23.1 Å². The maximum atomic E-state index is 12.3. The van der Waals surface area contributed by atoms with Crippen LogP contribution in [0.15, 0.2) is 0 Å². The van der Waals surface area contributed by atoms with E-state index in [-0.39, 0.29) is 17.4 Å². The van der Waals surface area contributed by atoms with Crippen LogP contribution in [0.3, 0.4) is 0 Å². The van der Waals surface area contributed by atoms with Crippen LogP contribution < -0.4 is 5.32 Å². The minimum Gasteiger partial charge on any atom is -0.480 e. The third-order valence-corrected chi connectivity index (χ3v) is 5.71. The number of nitrogens with one attached hydrogen (secondary N) is 1. The summed E-state index contributed by atoms with van der Waals surface area (Å²) >= 11 is 1.52. The van der Waals surface area contributed by atoms with E-state index in [4.69, 9.17) is 0 Å². The first kappa shape index (κ1) is 15.5. The summed E-state index contributed by atoms with van der Waals surface area (Å²) in [5.74, 6) is 0.356. The van der Waals surface area contributed by atoms with Crippen molar-refractivity contribution in [1.82, 2.24) is 10.2 Å². The molecule has 5 nitrogen and oxygen atoms in total. The second-order valence-electron chi connectivity index (χ2n) is 5.77. The number of carbonyl (C=O) groups excluding carboxylic acids is 1. The fourth-order valence-electron chi connectivity index (χ4n) is 3.11. The Morgan fingerprint density at radius 2 is 1.95 bits per heavy atom. The second-order valence-corrected chi connectivity index (χ2v) is 7.12. The lowest BCUT2D eigenvalue weighted by molar-refractivity contribution is -0.141. The number of hydrogen-bond acceptors (Lipinski definition) is 3. The lowest BCUT2D eigenvalue weighted by Crippen LogP contribution is -2.52. The monoisotopic (exact) mass is 300 g/mol. The number of urea groups is 1. The van der Waals surface area contributed by atoms with Gasteiger partial charge in [0.25, 0.3) is 0 Å². The Morgan fingerprint density at radius 3 is 2.50 bits per heavy atom. The fraction of sp³-hybridized carbons (Fsp3) is 0.857. The van der Waals surface area contributed by atoms with Crippen LogP contribution in [-0.2, 0) is 4.79 Å². The van der Waals surface area contributed by atoms with Gasteiger partial charge in [0.15, 0.2) is 0 Å². The normalized spacial score (nSPS) is 34.0. The van der Waals surface area contributed by atoms with Crippen molar-refractivity contribution >= 4 is 23.8 Å². The van der Waals surface area contributed by atoms with Gasteiger partial charge in [0.1, 0.15) is 6.04 Å². The van der Waals surface area contributed by atoms with Crippen molar-refractivity contribution in [3.8, 4) is 0 Å². The first-order valence-electron chi connectivity index (χ1n) is 7.46. The number of aliphatic carboxylic acids is 1. The van der Waals surface area contributed by atoms with E-state index < -0.39 is 12.0 Å². The van der Waals surface area contributed by atoms with E-state index in [9.17, 15) is 14.7 Å². The highest BCUT2D eigenvalue weighted by Crippen LogP contribution is 2.30. The van der Waals surface area contributed by atoms with Crippen LogP contribution in [0.2, 0.25) is 0 Å². The highest BCUT2D eigenvalue weighted by atomic mass is 32.2. The Balaban J connectivity index is 1.89. The number of rotatable bonds is 3. The minimum absolute atomic E-state index is 0.0666. The molecule has 0 aromatic carbocycles. The summed E-state index contributed by atoms with van der Waals surface area (Å²) in [5.41, 5.74) is 0. The fourth-order valence-corrected chi connectivity index (χ4v) is 4.27. The number of carboxylic acids is 1. The quantitative estimate of drug-likeness (QED) is 0.840. The highest BCUT2D eigenvalue weighted by molar-refractivity contribution is 8.00. The molecule has 6 heteroatoms. The van der Waals surface area contributed by atoms with Gasteiger partial charge in [0.05, 0.1) is 5.37 Å². The summed E-state index contributed by atoms with van der Waals surface area (Å²) < 4.78 is 0. The van der Waals surface area contributed by atoms with Crippen LogP contribution in [0.4, 0.5) is 4.79 Å². The molecule has 1 aliphatic heterocycles. The molecule has 2 atom stereocenters. The molecule has 114 valence electrons. The van der Waals surface area contributed by atoms with E-state index in [1.807, 2.05) is 6.92 Å². The maximum absolute atomic E-state index is 12.3. The zero-order chi connectivity index (χ0) is 14.7. The molecule has 2 amide bonds. The molecule has 0 spiro atoms. The molecule has 20 heavy (non-hydrogen) atoms. The zero-order valence-corrected chi connectivity index (χ0v) is 13.0. The van der Waals surface area contributed by atoms with Crippen molar-refractivity contribution in [2.24, 2.45) is 5.92 Å². The summed E-state index contributed by atoms with van der Waals surface area (Å²) in [5, 5.41) is 12.2. The molecule has 0 bridgehead atoms. The number of nitrogens with zero attached hydrogens (tertiary/aromatic N) is 1. The molecule has 2 rings (SSSR count). The highest BCUT2D eigenvalue weighted by Gasteiger charge is 2.40. The molecule has 0 aromatic rings. The largest absolute Gasteiger partial charge is 0.480 e. The van der Waals surface area contributed by atoms with Gasteiger partial charge in [0.2, 0.25) is 0 Å². The van der Waals surface area contributed by atoms with Crippen LogP contribution in [0.5, 0.6) is 0 Å². The Bertz CT molecular complexity index is 369.